The molecule has 0 saturated carbocycles. The lowest BCUT2D eigenvalue weighted by Crippen LogP contribution is -1.99. The summed E-state index contributed by atoms with van der Waals surface area (Å²) in [6, 6.07) is 0. The van der Waals surface area contributed by atoms with E-state index in [2.05, 4.69) is 15.2 Å². The molecule has 0 radical (unpaired) electrons. The summed E-state index contributed by atoms with van der Waals surface area (Å²) >= 11 is 3.21. The van der Waals surface area contributed by atoms with Gasteiger partial charge in [-0.3, -0.25) is 4.98 Å². The fraction of sp³-hybridized carbons (Fsp3) is 0.375. The highest BCUT2D eigenvalue weighted by Crippen LogP contribution is 2.26. The van der Waals surface area contributed by atoms with Crippen LogP contribution in [0.5, 0.6) is 0 Å². The van der Waals surface area contributed by atoms with Gasteiger partial charge in [-0.15, -0.1) is 21.5 Å². The van der Waals surface area contributed by atoms with Gasteiger partial charge in [-0.05, 0) is 13.0 Å². The number of thiazole rings is 1. The highest BCUT2D eigenvalue weighted by molar-refractivity contribution is 7.20. The second kappa shape index (κ2) is 4.59. The molecule has 14 heavy (non-hydrogen) atoms. The van der Waals surface area contributed by atoms with E-state index in [-0.39, 0.29) is 0 Å². The zero-order valence-corrected chi connectivity index (χ0v) is 9.14. The topological polar surface area (TPSA) is 64.7 Å². The van der Waals surface area contributed by atoms with Crippen LogP contribution >= 0.6 is 22.7 Å². The summed E-state index contributed by atoms with van der Waals surface area (Å²) in [5, 5.41) is 10.2. The Morgan fingerprint density at radius 3 is 3.00 bits per heavy atom. The summed E-state index contributed by atoms with van der Waals surface area (Å²) in [7, 11) is 0. The lowest BCUT2D eigenvalue weighted by molar-refractivity contribution is 0.812. The van der Waals surface area contributed by atoms with E-state index in [1.807, 2.05) is 6.20 Å². The standard InChI is InChI=1S/C8H10N4S2/c9-3-1-2-7-11-12-8(14-7)6-4-10-5-13-6/h4-5H,1-3,9H2. The molecule has 0 spiro atoms. The molecule has 0 aliphatic carbocycles. The summed E-state index contributed by atoms with van der Waals surface area (Å²) < 4.78 is 0. The number of rotatable bonds is 4. The molecular formula is C8H10N4S2. The monoisotopic (exact) mass is 226 g/mol. The predicted molar refractivity (Wildman–Crippen MR) is 58.4 cm³/mol. The van der Waals surface area contributed by atoms with E-state index in [0.717, 1.165) is 27.7 Å². The molecule has 2 aromatic rings. The molecule has 0 bridgehead atoms. The van der Waals surface area contributed by atoms with Crippen LogP contribution in [0.3, 0.4) is 0 Å². The van der Waals surface area contributed by atoms with Crippen molar-refractivity contribution in [2.75, 3.05) is 6.54 Å². The SMILES string of the molecule is NCCCc1nnc(-c2cncs2)s1. The molecule has 0 amide bonds. The van der Waals surface area contributed by atoms with Gasteiger partial charge in [-0.25, -0.2) is 0 Å². The molecule has 0 aliphatic rings. The maximum absolute atomic E-state index is 5.43. The Kier molecular flexibility index (Phi) is 3.18. The van der Waals surface area contributed by atoms with Gasteiger partial charge in [0.25, 0.3) is 0 Å². The summed E-state index contributed by atoms with van der Waals surface area (Å²) in [6.07, 6.45) is 3.71. The number of hydrogen-bond acceptors (Lipinski definition) is 6. The van der Waals surface area contributed by atoms with Crippen LogP contribution in [-0.4, -0.2) is 21.7 Å². The number of hydrogen-bond donors (Lipinski definition) is 1. The van der Waals surface area contributed by atoms with Crippen molar-refractivity contribution in [1.82, 2.24) is 15.2 Å². The van der Waals surface area contributed by atoms with Gasteiger partial charge in [0.2, 0.25) is 0 Å². The zero-order valence-electron chi connectivity index (χ0n) is 7.51. The van der Waals surface area contributed by atoms with Gasteiger partial charge in [-0.1, -0.05) is 11.3 Å². The van der Waals surface area contributed by atoms with Crippen molar-refractivity contribution in [1.29, 1.82) is 0 Å². The first kappa shape index (κ1) is 9.70. The Morgan fingerprint density at radius 2 is 2.29 bits per heavy atom. The van der Waals surface area contributed by atoms with Crippen molar-refractivity contribution in [3.63, 3.8) is 0 Å². The smallest absolute Gasteiger partial charge is 0.159 e. The van der Waals surface area contributed by atoms with Crippen molar-refractivity contribution in [2.24, 2.45) is 5.73 Å². The molecular weight excluding hydrogens is 216 g/mol. The second-order valence-electron chi connectivity index (χ2n) is 2.76. The molecule has 2 rings (SSSR count). The summed E-state index contributed by atoms with van der Waals surface area (Å²) in [5.74, 6) is 0. The van der Waals surface area contributed by atoms with Crippen LogP contribution in [0, 0.1) is 0 Å². The van der Waals surface area contributed by atoms with E-state index in [1.165, 1.54) is 0 Å². The lowest BCUT2D eigenvalue weighted by atomic mass is 10.3. The van der Waals surface area contributed by atoms with Gasteiger partial charge in [0, 0.05) is 12.6 Å². The largest absolute Gasteiger partial charge is 0.330 e. The van der Waals surface area contributed by atoms with Crippen molar-refractivity contribution < 1.29 is 0 Å². The Bertz CT molecular complexity index is 382. The minimum absolute atomic E-state index is 0.704. The zero-order chi connectivity index (χ0) is 9.80. The molecule has 2 heterocycles. The minimum Gasteiger partial charge on any atom is -0.330 e. The van der Waals surface area contributed by atoms with Gasteiger partial charge in [0.15, 0.2) is 5.01 Å². The van der Waals surface area contributed by atoms with E-state index in [4.69, 9.17) is 5.73 Å². The van der Waals surface area contributed by atoms with Gasteiger partial charge >= 0.3 is 0 Å². The van der Waals surface area contributed by atoms with Gasteiger partial charge < -0.3 is 5.73 Å². The maximum atomic E-state index is 5.43. The molecule has 0 unspecified atom stereocenters. The normalized spacial score (nSPS) is 10.6. The summed E-state index contributed by atoms with van der Waals surface area (Å²) in [4.78, 5) is 5.09. The lowest BCUT2D eigenvalue weighted by Gasteiger charge is -1.89. The van der Waals surface area contributed by atoms with Gasteiger partial charge in [0.05, 0.1) is 10.4 Å². The van der Waals surface area contributed by atoms with Gasteiger partial charge in [0.1, 0.15) is 5.01 Å². The molecule has 6 heteroatoms. The van der Waals surface area contributed by atoms with E-state index in [0.29, 0.717) is 6.54 Å². The van der Waals surface area contributed by atoms with E-state index in [1.54, 1.807) is 28.2 Å². The second-order valence-corrected chi connectivity index (χ2v) is 4.71. The quantitative estimate of drug-likeness (QED) is 0.859. The van der Waals surface area contributed by atoms with E-state index in [9.17, 15) is 0 Å². The number of aromatic nitrogens is 3. The average molecular weight is 226 g/mol. The Hall–Kier alpha value is -0.850. The summed E-state index contributed by atoms with van der Waals surface area (Å²) in [6.45, 7) is 0.704. The minimum atomic E-state index is 0.704. The van der Waals surface area contributed by atoms with Gasteiger partial charge in [-0.2, -0.15) is 0 Å². The van der Waals surface area contributed by atoms with Crippen LogP contribution in [0.4, 0.5) is 0 Å². The summed E-state index contributed by atoms with van der Waals surface area (Å²) in [5.41, 5.74) is 7.23. The maximum Gasteiger partial charge on any atom is 0.159 e. The third-order valence-electron chi connectivity index (χ3n) is 1.70. The highest BCUT2D eigenvalue weighted by atomic mass is 32.1. The molecule has 4 nitrogen and oxygen atoms in total. The van der Waals surface area contributed by atoms with Crippen LogP contribution < -0.4 is 5.73 Å². The molecule has 2 aromatic heterocycles. The fourth-order valence-corrected chi connectivity index (χ4v) is 2.58. The van der Waals surface area contributed by atoms with Crippen molar-refractivity contribution in [2.45, 2.75) is 12.8 Å². The van der Waals surface area contributed by atoms with Crippen LogP contribution in [0.25, 0.3) is 9.88 Å². The molecule has 0 fully saturated rings. The predicted octanol–water partition coefficient (Wildman–Crippen LogP) is 1.55. The Labute approximate surface area is 89.8 Å². The molecule has 74 valence electrons. The molecule has 2 N–H and O–H groups in total. The molecule has 0 atom stereocenters. The van der Waals surface area contributed by atoms with E-state index < -0.39 is 0 Å². The average Bonchev–Trinajstić information content (AvgIpc) is 2.85. The van der Waals surface area contributed by atoms with Crippen molar-refractivity contribution in [3.05, 3.63) is 16.7 Å². The first-order chi connectivity index (χ1) is 6.90. The van der Waals surface area contributed by atoms with Crippen molar-refractivity contribution in [3.8, 4) is 9.88 Å². The van der Waals surface area contributed by atoms with Crippen LogP contribution in [0.15, 0.2) is 11.7 Å². The molecule has 0 aromatic carbocycles. The highest BCUT2D eigenvalue weighted by Gasteiger charge is 2.06. The Balaban J connectivity index is 2.10. The molecule has 0 saturated heterocycles. The van der Waals surface area contributed by atoms with Crippen LogP contribution in [0.1, 0.15) is 11.4 Å². The van der Waals surface area contributed by atoms with Crippen LogP contribution in [0.2, 0.25) is 0 Å². The van der Waals surface area contributed by atoms with Crippen LogP contribution in [-0.2, 0) is 6.42 Å². The first-order valence-electron chi connectivity index (χ1n) is 4.31. The number of nitrogens with zero attached hydrogens (tertiary/aromatic N) is 3. The van der Waals surface area contributed by atoms with E-state index >= 15 is 0 Å². The third-order valence-corrected chi connectivity index (χ3v) is 3.63. The first-order valence-corrected chi connectivity index (χ1v) is 6.01. The number of aryl methyl sites for hydroxylation is 1. The van der Waals surface area contributed by atoms with Crippen molar-refractivity contribution >= 4 is 22.7 Å². The molecule has 0 aliphatic heterocycles. The Morgan fingerprint density at radius 1 is 1.36 bits per heavy atom. The third kappa shape index (κ3) is 2.14. The number of nitrogens with two attached hydrogens (primary N) is 1. The fourth-order valence-electron chi connectivity index (χ4n) is 1.03.